The van der Waals surface area contributed by atoms with Gasteiger partial charge in [0.15, 0.2) is 0 Å². The van der Waals surface area contributed by atoms with Crippen LogP contribution in [0, 0.1) is 0 Å². The Hall–Kier alpha value is -3.00. The molecule has 0 spiro atoms. The number of carboxylic acid groups (broad SMARTS) is 1. The van der Waals surface area contributed by atoms with Gasteiger partial charge in [0.05, 0.1) is 6.54 Å². The number of hydrogen-bond donors (Lipinski definition) is 1. The summed E-state index contributed by atoms with van der Waals surface area (Å²) in [6.45, 7) is 0.375. The van der Waals surface area contributed by atoms with E-state index in [-0.39, 0.29) is 38.5 Å². The van der Waals surface area contributed by atoms with Crippen LogP contribution >= 0.6 is 0 Å². The van der Waals surface area contributed by atoms with Crippen molar-refractivity contribution >= 4 is 12.1 Å². The first kappa shape index (κ1) is 23.2. The smallest absolute Gasteiger partial charge is 0.410 e. The Morgan fingerprint density at radius 2 is 1.76 bits per heavy atom. The first-order chi connectivity index (χ1) is 15.8. The van der Waals surface area contributed by atoms with Crippen LogP contribution in [0.15, 0.2) is 48.5 Å². The van der Waals surface area contributed by atoms with E-state index in [9.17, 15) is 23.5 Å². The third-order valence-electron chi connectivity index (χ3n) is 6.57. The molecule has 1 saturated heterocycles. The van der Waals surface area contributed by atoms with Gasteiger partial charge >= 0.3 is 12.1 Å². The maximum absolute atomic E-state index is 13.6. The number of nitrogens with zero attached hydrogens (tertiary/aromatic N) is 2. The largest absolute Gasteiger partial charge is 0.480 e. The molecule has 0 radical (unpaired) electrons. The zero-order valence-electron chi connectivity index (χ0n) is 18.5. The van der Waals surface area contributed by atoms with Crippen molar-refractivity contribution in [3.8, 4) is 11.1 Å². The Labute approximate surface area is 191 Å². The summed E-state index contributed by atoms with van der Waals surface area (Å²) in [5.41, 5.74) is 4.33. The summed E-state index contributed by atoms with van der Waals surface area (Å²) in [7, 11) is 1.38. The highest BCUT2D eigenvalue weighted by molar-refractivity contribution is 5.81. The fourth-order valence-electron chi connectivity index (χ4n) is 4.85. The summed E-state index contributed by atoms with van der Waals surface area (Å²) in [6.07, 6.45) is -0.474. The maximum atomic E-state index is 13.6. The molecule has 0 bridgehead atoms. The highest BCUT2D eigenvalue weighted by Crippen LogP contribution is 2.44. The molecule has 8 heteroatoms. The molecule has 0 saturated carbocycles. The fraction of sp³-hybridized carbons (Fsp3) is 0.440. The van der Waals surface area contributed by atoms with Crippen LogP contribution < -0.4 is 0 Å². The number of likely N-dealkylation sites (tertiary alicyclic amines) is 1. The van der Waals surface area contributed by atoms with Gasteiger partial charge < -0.3 is 9.84 Å². The number of benzene rings is 2. The molecule has 1 unspecified atom stereocenters. The summed E-state index contributed by atoms with van der Waals surface area (Å²) in [5.74, 6) is -4.07. The second kappa shape index (κ2) is 9.47. The summed E-state index contributed by atoms with van der Waals surface area (Å²) in [4.78, 5) is 27.2. The molecular weight excluding hydrogens is 430 g/mol. The van der Waals surface area contributed by atoms with Gasteiger partial charge in [-0.3, -0.25) is 9.80 Å². The minimum Gasteiger partial charge on any atom is -0.480 e. The summed E-state index contributed by atoms with van der Waals surface area (Å²) in [6, 6.07) is 14.7. The average Bonchev–Trinajstić information content (AvgIpc) is 3.10. The minimum absolute atomic E-state index is 0.0477. The first-order valence-corrected chi connectivity index (χ1v) is 11.2. The summed E-state index contributed by atoms with van der Waals surface area (Å²) >= 11 is 0. The van der Waals surface area contributed by atoms with E-state index in [0.29, 0.717) is 13.0 Å². The van der Waals surface area contributed by atoms with Gasteiger partial charge in [-0.2, -0.15) is 0 Å². The van der Waals surface area contributed by atoms with Gasteiger partial charge in [0.2, 0.25) is 0 Å². The molecule has 2 aromatic carbocycles. The number of carboxylic acids is 1. The normalized spacial score (nSPS) is 18.3. The molecule has 2 aromatic rings. The van der Waals surface area contributed by atoms with Crippen LogP contribution in [0.3, 0.4) is 0 Å². The Morgan fingerprint density at radius 1 is 1.15 bits per heavy atom. The van der Waals surface area contributed by atoms with E-state index in [1.54, 1.807) is 4.90 Å². The Morgan fingerprint density at radius 3 is 2.33 bits per heavy atom. The predicted octanol–water partition coefficient (Wildman–Crippen LogP) is 4.44. The monoisotopic (exact) mass is 458 g/mol. The number of amides is 1. The molecular formula is C25H28F2N2O4. The van der Waals surface area contributed by atoms with Gasteiger partial charge in [-0.05, 0) is 41.6 Å². The number of aliphatic carboxylic acids is 1. The van der Waals surface area contributed by atoms with Gasteiger partial charge in [0.1, 0.15) is 12.6 Å². The summed E-state index contributed by atoms with van der Waals surface area (Å²) < 4.78 is 32.8. The lowest BCUT2D eigenvalue weighted by atomic mass is 9.98. The standard InChI is InChI=1S/C25H28F2N2O4/c1-28(22(23(30)31)11-14-29-13-6-12-25(26,27)16-29)24(32)33-15-21-19-9-4-2-7-17(19)18-8-3-5-10-20(18)21/h2-5,7-10,21-22H,6,11-16H2,1H3,(H,30,31). The zero-order chi connectivity index (χ0) is 23.6. The van der Waals surface area contributed by atoms with Gasteiger partial charge in [0.25, 0.3) is 5.92 Å². The number of carbonyl (C=O) groups is 2. The molecule has 1 aliphatic heterocycles. The Bertz CT molecular complexity index is 983. The molecule has 1 fully saturated rings. The third kappa shape index (κ3) is 5.00. The Balaban J connectivity index is 1.38. The number of rotatable bonds is 7. The molecule has 33 heavy (non-hydrogen) atoms. The van der Waals surface area contributed by atoms with Gasteiger partial charge in [-0.15, -0.1) is 0 Å². The molecule has 4 rings (SSSR count). The van der Waals surface area contributed by atoms with Crippen LogP contribution in [-0.4, -0.2) is 72.2 Å². The topological polar surface area (TPSA) is 70.1 Å². The van der Waals surface area contributed by atoms with Crippen LogP contribution in [-0.2, 0) is 9.53 Å². The lowest BCUT2D eigenvalue weighted by molar-refractivity contribution is -0.142. The number of ether oxygens (including phenoxy) is 1. The number of fused-ring (bicyclic) bond motifs is 3. The van der Waals surface area contributed by atoms with E-state index >= 15 is 0 Å². The zero-order valence-corrected chi connectivity index (χ0v) is 18.5. The van der Waals surface area contributed by atoms with Crippen molar-refractivity contribution in [2.24, 2.45) is 0 Å². The second-order valence-corrected chi connectivity index (χ2v) is 8.79. The van der Waals surface area contributed by atoms with E-state index in [1.807, 2.05) is 48.5 Å². The van der Waals surface area contributed by atoms with Crippen molar-refractivity contribution in [3.05, 3.63) is 59.7 Å². The molecule has 1 atom stereocenters. The van der Waals surface area contributed by atoms with Crippen molar-refractivity contribution in [3.63, 3.8) is 0 Å². The van der Waals surface area contributed by atoms with E-state index in [0.717, 1.165) is 27.2 Å². The number of alkyl halides is 2. The van der Waals surface area contributed by atoms with Crippen LogP contribution in [0.4, 0.5) is 13.6 Å². The van der Waals surface area contributed by atoms with Crippen LogP contribution in [0.25, 0.3) is 11.1 Å². The maximum Gasteiger partial charge on any atom is 0.410 e. The highest BCUT2D eigenvalue weighted by Gasteiger charge is 2.36. The second-order valence-electron chi connectivity index (χ2n) is 8.79. The minimum atomic E-state index is -2.75. The van der Waals surface area contributed by atoms with Gasteiger partial charge in [-0.1, -0.05) is 48.5 Å². The quantitative estimate of drug-likeness (QED) is 0.664. The van der Waals surface area contributed by atoms with Crippen molar-refractivity contribution in [1.82, 2.24) is 9.80 Å². The Kier molecular flexibility index (Phi) is 6.65. The lowest BCUT2D eigenvalue weighted by Crippen LogP contribution is -2.47. The first-order valence-electron chi connectivity index (χ1n) is 11.2. The number of carbonyl (C=O) groups excluding carboxylic acids is 1. The van der Waals surface area contributed by atoms with Crippen LogP contribution in [0.1, 0.15) is 36.3 Å². The van der Waals surface area contributed by atoms with E-state index in [4.69, 9.17) is 4.74 Å². The van der Waals surface area contributed by atoms with Crippen LogP contribution in [0.2, 0.25) is 0 Å². The average molecular weight is 459 g/mol. The predicted molar refractivity (Wildman–Crippen MR) is 119 cm³/mol. The lowest BCUT2D eigenvalue weighted by Gasteiger charge is -2.33. The molecule has 176 valence electrons. The van der Waals surface area contributed by atoms with Gasteiger partial charge in [-0.25, -0.2) is 18.4 Å². The number of halogens is 2. The number of likely N-dealkylation sites (N-methyl/N-ethyl adjacent to an activating group) is 1. The van der Waals surface area contributed by atoms with Gasteiger partial charge in [0, 0.05) is 25.9 Å². The van der Waals surface area contributed by atoms with Crippen molar-refractivity contribution in [2.75, 3.05) is 33.3 Å². The molecule has 1 aliphatic carbocycles. The number of piperidine rings is 1. The third-order valence-corrected chi connectivity index (χ3v) is 6.57. The van der Waals surface area contributed by atoms with Crippen molar-refractivity contribution < 1.29 is 28.2 Å². The van der Waals surface area contributed by atoms with E-state index in [2.05, 4.69) is 0 Å². The molecule has 0 aromatic heterocycles. The highest BCUT2D eigenvalue weighted by atomic mass is 19.3. The van der Waals surface area contributed by atoms with Crippen molar-refractivity contribution in [2.45, 2.75) is 37.1 Å². The molecule has 6 nitrogen and oxygen atoms in total. The van der Waals surface area contributed by atoms with E-state index in [1.165, 1.54) is 7.05 Å². The van der Waals surface area contributed by atoms with Crippen LogP contribution in [0.5, 0.6) is 0 Å². The van der Waals surface area contributed by atoms with E-state index < -0.39 is 24.0 Å². The molecule has 1 heterocycles. The fourth-order valence-corrected chi connectivity index (χ4v) is 4.85. The SMILES string of the molecule is CN(C(=O)OCC1c2ccccc2-c2ccccc21)C(CCN1CCCC(F)(F)C1)C(=O)O. The molecule has 1 amide bonds. The summed E-state index contributed by atoms with van der Waals surface area (Å²) in [5, 5.41) is 9.65. The van der Waals surface area contributed by atoms with Crippen molar-refractivity contribution in [1.29, 1.82) is 0 Å². The number of hydrogen-bond acceptors (Lipinski definition) is 4. The molecule has 1 N–H and O–H groups in total. The molecule has 2 aliphatic rings.